The molecule has 2 aromatic rings. The van der Waals surface area contributed by atoms with Gasteiger partial charge in [-0.15, -0.1) is 0 Å². The van der Waals surface area contributed by atoms with Crippen LogP contribution in [0.4, 0.5) is 0 Å². The standard InChI is InChI=1S/C20H21N3O/c1-13(23-20(24)19-9-14-2-3-17(19)8-14)15-4-6-16(7-5-15)18-10-21-12-22-11-18/h2-7,10-14,17,19H,8-9H2,1H3,(H,23,24). The molecule has 1 amide bonds. The Morgan fingerprint density at radius 3 is 2.46 bits per heavy atom. The number of aromatic nitrogens is 2. The average molecular weight is 319 g/mol. The molecule has 1 N–H and O–H groups in total. The summed E-state index contributed by atoms with van der Waals surface area (Å²) in [6.45, 7) is 2.04. The Balaban J connectivity index is 1.42. The van der Waals surface area contributed by atoms with Gasteiger partial charge in [-0.2, -0.15) is 0 Å². The molecule has 1 saturated carbocycles. The maximum atomic E-state index is 12.5. The summed E-state index contributed by atoms with van der Waals surface area (Å²) in [4.78, 5) is 20.6. The Kier molecular flexibility index (Phi) is 3.89. The minimum Gasteiger partial charge on any atom is -0.349 e. The number of allylic oxidation sites excluding steroid dienone is 2. The fourth-order valence-corrected chi connectivity index (χ4v) is 3.90. The molecule has 0 spiro atoms. The topological polar surface area (TPSA) is 54.9 Å². The van der Waals surface area contributed by atoms with Gasteiger partial charge in [-0.1, -0.05) is 36.4 Å². The monoisotopic (exact) mass is 319 g/mol. The van der Waals surface area contributed by atoms with Crippen LogP contribution in [0.3, 0.4) is 0 Å². The number of amides is 1. The first-order valence-corrected chi connectivity index (χ1v) is 8.55. The van der Waals surface area contributed by atoms with Crippen LogP contribution in [-0.4, -0.2) is 15.9 Å². The van der Waals surface area contributed by atoms with Gasteiger partial charge in [-0.3, -0.25) is 4.79 Å². The molecule has 2 aliphatic rings. The van der Waals surface area contributed by atoms with Crippen molar-refractivity contribution in [1.29, 1.82) is 0 Å². The van der Waals surface area contributed by atoms with Crippen molar-refractivity contribution in [2.24, 2.45) is 17.8 Å². The molecule has 0 radical (unpaired) electrons. The smallest absolute Gasteiger partial charge is 0.224 e. The van der Waals surface area contributed by atoms with Gasteiger partial charge in [0.15, 0.2) is 0 Å². The van der Waals surface area contributed by atoms with E-state index in [2.05, 4.69) is 51.7 Å². The lowest BCUT2D eigenvalue weighted by Crippen LogP contribution is -2.34. The van der Waals surface area contributed by atoms with Gasteiger partial charge in [0.2, 0.25) is 5.91 Å². The summed E-state index contributed by atoms with van der Waals surface area (Å²) in [5.41, 5.74) is 3.19. The number of hydrogen-bond acceptors (Lipinski definition) is 3. The molecule has 2 aliphatic carbocycles. The normalized spacial score (nSPS) is 25.6. The van der Waals surface area contributed by atoms with E-state index in [9.17, 15) is 4.79 Å². The van der Waals surface area contributed by atoms with E-state index >= 15 is 0 Å². The molecule has 4 nitrogen and oxygen atoms in total. The number of carbonyl (C=O) groups is 1. The molecule has 122 valence electrons. The Morgan fingerprint density at radius 2 is 1.83 bits per heavy atom. The van der Waals surface area contributed by atoms with Crippen molar-refractivity contribution in [3.8, 4) is 11.1 Å². The number of fused-ring (bicyclic) bond motifs is 2. The van der Waals surface area contributed by atoms with E-state index in [1.54, 1.807) is 12.4 Å². The van der Waals surface area contributed by atoms with Crippen molar-refractivity contribution in [2.75, 3.05) is 0 Å². The number of hydrogen-bond donors (Lipinski definition) is 1. The molecular formula is C20H21N3O. The molecule has 0 saturated heterocycles. The third-order valence-corrected chi connectivity index (χ3v) is 5.28. The highest BCUT2D eigenvalue weighted by Gasteiger charge is 2.39. The fraction of sp³-hybridized carbons (Fsp3) is 0.350. The lowest BCUT2D eigenvalue weighted by molar-refractivity contribution is -0.126. The van der Waals surface area contributed by atoms with Gasteiger partial charge in [-0.25, -0.2) is 9.97 Å². The van der Waals surface area contributed by atoms with Crippen LogP contribution in [0.5, 0.6) is 0 Å². The minimum atomic E-state index is 0.0154. The summed E-state index contributed by atoms with van der Waals surface area (Å²) in [5, 5.41) is 3.18. The van der Waals surface area contributed by atoms with E-state index in [1.807, 2.05) is 6.92 Å². The van der Waals surface area contributed by atoms with Crippen molar-refractivity contribution >= 4 is 5.91 Å². The highest BCUT2D eigenvalue weighted by Crippen LogP contribution is 2.43. The first-order valence-electron chi connectivity index (χ1n) is 8.55. The second kappa shape index (κ2) is 6.19. The number of rotatable bonds is 4. The molecule has 24 heavy (non-hydrogen) atoms. The van der Waals surface area contributed by atoms with Crippen LogP contribution in [0.2, 0.25) is 0 Å². The highest BCUT2D eigenvalue weighted by atomic mass is 16.2. The van der Waals surface area contributed by atoms with Gasteiger partial charge in [-0.05, 0) is 42.7 Å². The first kappa shape index (κ1) is 15.1. The molecule has 4 heteroatoms. The van der Waals surface area contributed by atoms with Gasteiger partial charge in [0.25, 0.3) is 0 Å². The maximum absolute atomic E-state index is 12.5. The summed E-state index contributed by atoms with van der Waals surface area (Å²) in [7, 11) is 0. The molecule has 1 fully saturated rings. The highest BCUT2D eigenvalue weighted by molar-refractivity contribution is 5.80. The lowest BCUT2D eigenvalue weighted by atomic mass is 9.92. The van der Waals surface area contributed by atoms with Crippen molar-refractivity contribution < 1.29 is 4.79 Å². The number of carbonyl (C=O) groups excluding carboxylic acids is 1. The maximum Gasteiger partial charge on any atom is 0.224 e. The van der Waals surface area contributed by atoms with E-state index in [0.717, 1.165) is 29.5 Å². The Labute approximate surface area is 142 Å². The number of benzene rings is 1. The molecular weight excluding hydrogens is 298 g/mol. The van der Waals surface area contributed by atoms with E-state index in [1.165, 1.54) is 6.33 Å². The van der Waals surface area contributed by atoms with Crippen LogP contribution >= 0.6 is 0 Å². The van der Waals surface area contributed by atoms with Gasteiger partial charge in [0.05, 0.1) is 6.04 Å². The van der Waals surface area contributed by atoms with Crippen molar-refractivity contribution in [3.63, 3.8) is 0 Å². The molecule has 1 aromatic heterocycles. The van der Waals surface area contributed by atoms with E-state index in [0.29, 0.717) is 11.8 Å². The molecule has 1 aromatic carbocycles. The van der Waals surface area contributed by atoms with Crippen molar-refractivity contribution in [2.45, 2.75) is 25.8 Å². The first-order chi connectivity index (χ1) is 11.7. The summed E-state index contributed by atoms with van der Waals surface area (Å²) < 4.78 is 0. The molecule has 4 atom stereocenters. The van der Waals surface area contributed by atoms with E-state index in [-0.39, 0.29) is 17.9 Å². The van der Waals surface area contributed by atoms with Crippen LogP contribution in [0, 0.1) is 17.8 Å². The molecule has 4 rings (SSSR count). The predicted octanol–water partition coefficient (Wildman–Crippen LogP) is 3.53. The zero-order chi connectivity index (χ0) is 16.5. The fourth-order valence-electron chi connectivity index (χ4n) is 3.90. The summed E-state index contributed by atoms with van der Waals surface area (Å²) in [5.74, 6) is 1.42. The molecule has 0 aliphatic heterocycles. The quantitative estimate of drug-likeness (QED) is 0.877. The Bertz CT molecular complexity index is 754. The van der Waals surface area contributed by atoms with Gasteiger partial charge in [0, 0.05) is 23.9 Å². The zero-order valence-electron chi connectivity index (χ0n) is 13.7. The third kappa shape index (κ3) is 2.84. The summed E-state index contributed by atoms with van der Waals surface area (Å²) in [6, 6.07) is 8.25. The van der Waals surface area contributed by atoms with Crippen molar-refractivity contribution in [1.82, 2.24) is 15.3 Å². The van der Waals surface area contributed by atoms with Gasteiger partial charge < -0.3 is 5.32 Å². The van der Waals surface area contributed by atoms with Crippen LogP contribution in [0.25, 0.3) is 11.1 Å². The molecule has 2 bridgehead atoms. The van der Waals surface area contributed by atoms with Gasteiger partial charge >= 0.3 is 0 Å². The second-order valence-corrected chi connectivity index (χ2v) is 6.87. The number of nitrogens with zero attached hydrogens (tertiary/aromatic N) is 2. The van der Waals surface area contributed by atoms with Crippen molar-refractivity contribution in [3.05, 3.63) is 60.7 Å². The predicted molar refractivity (Wildman–Crippen MR) is 92.9 cm³/mol. The van der Waals surface area contributed by atoms with E-state index < -0.39 is 0 Å². The van der Waals surface area contributed by atoms with Crippen LogP contribution < -0.4 is 5.32 Å². The summed E-state index contributed by atoms with van der Waals surface area (Å²) >= 11 is 0. The largest absolute Gasteiger partial charge is 0.349 e. The Hall–Kier alpha value is -2.49. The van der Waals surface area contributed by atoms with E-state index in [4.69, 9.17) is 0 Å². The second-order valence-electron chi connectivity index (χ2n) is 6.87. The molecule has 4 unspecified atom stereocenters. The Morgan fingerprint density at radius 1 is 1.08 bits per heavy atom. The lowest BCUT2D eigenvalue weighted by Gasteiger charge is -2.21. The SMILES string of the molecule is CC(NC(=O)C1CC2C=CC1C2)c1ccc(-c2cncnc2)cc1. The van der Waals surface area contributed by atoms with Crippen LogP contribution in [-0.2, 0) is 4.79 Å². The van der Waals surface area contributed by atoms with Gasteiger partial charge in [0.1, 0.15) is 6.33 Å². The number of nitrogens with one attached hydrogen (secondary N) is 1. The molecule has 1 heterocycles. The third-order valence-electron chi connectivity index (χ3n) is 5.28. The average Bonchev–Trinajstić information content (AvgIpc) is 3.26. The zero-order valence-corrected chi connectivity index (χ0v) is 13.7. The van der Waals surface area contributed by atoms with Crippen LogP contribution in [0.1, 0.15) is 31.4 Å². The summed E-state index contributed by atoms with van der Waals surface area (Å²) in [6.07, 6.45) is 11.8. The minimum absolute atomic E-state index is 0.0154. The van der Waals surface area contributed by atoms with Crippen LogP contribution in [0.15, 0.2) is 55.1 Å².